The molecule has 0 aliphatic rings. The van der Waals surface area contributed by atoms with Gasteiger partial charge in [-0.3, -0.25) is 4.68 Å². The van der Waals surface area contributed by atoms with Crippen molar-refractivity contribution in [2.75, 3.05) is 7.11 Å². The van der Waals surface area contributed by atoms with Crippen molar-refractivity contribution in [3.05, 3.63) is 47.8 Å². The normalized spacial score (nSPS) is 12.4. The Kier molecular flexibility index (Phi) is 3.44. The Morgan fingerprint density at radius 3 is 2.59 bits per heavy atom. The molecular weight excluding hydrogens is 214 g/mol. The first kappa shape index (κ1) is 11.7. The van der Waals surface area contributed by atoms with Crippen molar-refractivity contribution in [2.24, 2.45) is 5.73 Å². The minimum absolute atomic E-state index is 0.00394. The van der Waals surface area contributed by atoms with Gasteiger partial charge in [0.15, 0.2) is 0 Å². The van der Waals surface area contributed by atoms with Gasteiger partial charge in [0, 0.05) is 12.2 Å². The van der Waals surface area contributed by atoms with Gasteiger partial charge in [0.1, 0.15) is 5.75 Å². The van der Waals surface area contributed by atoms with Gasteiger partial charge in [-0.15, -0.1) is 0 Å². The van der Waals surface area contributed by atoms with E-state index in [4.69, 9.17) is 10.5 Å². The Bertz CT molecular complexity index is 474. The predicted octanol–water partition coefficient (Wildman–Crippen LogP) is 1.96. The van der Waals surface area contributed by atoms with Gasteiger partial charge in [-0.05, 0) is 30.7 Å². The molecule has 2 N–H and O–H groups in total. The first-order valence-corrected chi connectivity index (χ1v) is 5.61. The molecule has 0 aliphatic heterocycles. The van der Waals surface area contributed by atoms with E-state index >= 15 is 0 Å². The molecule has 1 heterocycles. The maximum absolute atomic E-state index is 5.88. The first-order chi connectivity index (χ1) is 8.20. The van der Waals surface area contributed by atoms with E-state index in [0.717, 1.165) is 18.0 Å². The van der Waals surface area contributed by atoms with Gasteiger partial charge in [-0.1, -0.05) is 12.1 Å². The van der Waals surface area contributed by atoms with Crippen LogP contribution < -0.4 is 10.5 Å². The van der Waals surface area contributed by atoms with Crippen LogP contribution >= 0.6 is 0 Å². The molecule has 1 aromatic carbocycles. The Balaban J connectivity index is 2.16. The zero-order valence-electron chi connectivity index (χ0n) is 10.1. The minimum atomic E-state index is -0.00394. The molecule has 0 saturated heterocycles. The molecule has 4 nitrogen and oxygen atoms in total. The van der Waals surface area contributed by atoms with Crippen molar-refractivity contribution in [3.8, 4) is 5.75 Å². The summed E-state index contributed by atoms with van der Waals surface area (Å²) in [4.78, 5) is 0. The summed E-state index contributed by atoms with van der Waals surface area (Å²) >= 11 is 0. The van der Waals surface area contributed by atoms with Gasteiger partial charge >= 0.3 is 0 Å². The van der Waals surface area contributed by atoms with E-state index in [1.165, 1.54) is 5.56 Å². The third kappa shape index (κ3) is 2.65. The zero-order chi connectivity index (χ0) is 12.3. The smallest absolute Gasteiger partial charge is 0.118 e. The van der Waals surface area contributed by atoms with Crippen LogP contribution in [0, 0.1) is 0 Å². The van der Waals surface area contributed by atoms with Gasteiger partial charge in [0.2, 0.25) is 0 Å². The van der Waals surface area contributed by atoms with Gasteiger partial charge in [-0.25, -0.2) is 0 Å². The van der Waals surface area contributed by atoms with Crippen molar-refractivity contribution in [2.45, 2.75) is 19.5 Å². The summed E-state index contributed by atoms with van der Waals surface area (Å²) in [5, 5.41) is 4.28. The average Bonchev–Trinajstić information content (AvgIpc) is 2.78. The molecule has 1 aromatic heterocycles. The molecule has 0 aliphatic carbocycles. The number of methoxy groups -OCH3 is 1. The molecule has 2 rings (SSSR count). The number of nitrogens with zero attached hydrogens (tertiary/aromatic N) is 2. The molecule has 4 heteroatoms. The van der Waals surface area contributed by atoms with Crippen LogP contribution in [0.5, 0.6) is 5.75 Å². The largest absolute Gasteiger partial charge is 0.497 e. The summed E-state index contributed by atoms with van der Waals surface area (Å²) < 4.78 is 7.05. The maximum atomic E-state index is 5.88. The summed E-state index contributed by atoms with van der Waals surface area (Å²) in [5.74, 6) is 0.863. The summed E-state index contributed by atoms with van der Waals surface area (Å²) in [7, 11) is 1.66. The third-order valence-electron chi connectivity index (χ3n) is 2.71. The quantitative estimate of drug-likeness (QED) is 0.875. The van der Waals surface area contributed by atoms with Crippen LogP contribution in [0.3, 0.4) is 0 Å². The number of ether oxygens (including phenoxy) is 1. The molecule has 0 bridgehead atoms. The first-order valence-electron chi connectivity index (χ1n) is 5.61. The number of hydrogen-bond donors (Lipinski definition) is 1. The van der Waals surface area contributed by atoms with Crippen LogP contribution in [-0.4, -0.2) is 16.9 Å². The van der Waals surface area contributed by atoms with E-state index < -0.39 is 0 Å². The number of nitrogens with two attached hydrogens (primary N) is 1. The molecule has 0 amide bonds. The molecule has 0 saturated carbocycles. The summed E-state index contributed by atoms with van der Waals surface area (Å²) in [6, 6.07) is 9.91. The fraction of sp³-hybridized carbons (Fsp3) is 0.308. The lowest BCUT2D eigenvalue weighted by molar-refractivity contribution is 0.414. The van der Waals surface area contributed by atoms with E-state index in [-0.39, 0.29) is 6.04 Å². The molecule has 0 spiro atoms. The molecule has 1 atom stereocenters. The topological polar surface area (TPSA) is 53.1 Å². The van der Waals surface area contributed by atoms with Crippen molar-refractivity contribution in [3.63, 3.8) is 0 Å². The monoisotopic (exact) mass is 231 g/mol. The number of rotatable bonds is 4. The number of hydrogen-bond acceptors (Lipinski definition) is 3. The Morgan fingerprint density at radius 2 is 2.00 bits per heavy atom. The van der Waals surface area contributed by atoms with Crippen LogP contribution in [0.15, 0.2) is 36.5 Å². The van der Waals surface area contributed by atoms with Crippen LogP contribution in [0.2, 0.25) is 0 Å². The molecule has 1 unspecified atom stereocenters. The highest BCUT2D eigenvalue weighted by Crippen LogP contribution is 2.14. The van der Waals surface area contributed by atoms with Crippen LogP contribution in [0.1, 0.15) is 24.2 Å². The number of aromatic nitrogens is 2. The highest BCUT2D eigenvalue weighted by Gasteiger charge is 2.07. The highest BCUT2D eigenvalue weighted by molar-refractivity contribution is 5.27. The minimum Gasteiger partial charge on any atom is -0.497 e. The van der Waals surface area contributed by atoms with E-state index in [1.807, 2.05) is 41.9 Å². The molecule has 90 valence electrons. The van der Waals surface area contributed by atoms with Crippen LogP contribution in [0.4, 0.5) is 0 Å². The van der Waals surface area contributed by atoms with Crippen molar-refractivity contribution in [1.82, 2.24) is 9.78 Å². The molecule has 2 aromatic rings. The fourth-order valence-corrected chi connectivity index (χ4v) is 1.77. The lowest BCUT2D eigenvalue weighted by Crippen LogP contribution is -2.13. The van der Waals surface area contributed by atoms with Crippen LogP contribution in [-0.2, 0) is 6.54 Å². The summed E-state index contributed by atoms with van der Waals surface area (Å²) in [5.41, 5.74) is 8.10. The molecule has 17 heavy (non-hydrogen) atoms. The van der Waals surface area contributed by atoms with Crippen molar-refractivity contribution < 1.29 is 4.74 Å². The molecule has 0 radical (unpaired) electrons. The Hall–Kier alpha value is -1.81. The molecular formula is C13H17N3O. The molecule has 0 fully saturated rings. The maximum Gasteiger partial charge on any atom is 0.118 e. The van der Waals surface area contributed by atoms with E-state index in [9.17, 15) is 0 Å². The average molecular weight is 231 g/mol. The second-order valence-electron chi connectivity index (χ2n) is 4.05. The second-order valence-corrected chi connectivity index (χ2v) is 4.05. The van der Waals surface area contributed by atoms with Gasteiger partial charge in [0.25, 0.3) is 0 Å². The zero-order valence-corrected chi connectivity index (χ0v) is 10.1. The Morgan fingerprint density at radius 1 is 1.29 bits per heavy atom. The highest BCUT2D eigenvalue weighted by atomic mass is 16.5. The SMILES string of the molecule is COc1ccc(Cn2nccc2C(C)N)cc1. The van der Waals surface area contributed by atoms with E-state index in [2.05, 4.69) is 5.10 Å². The lowest BCUT2D eigenvalue weighted by Gasteiger charge is -2.10. The second kappa shape index (κ2) is 5.01. The van der Waals surface area contributed by atoms with Gasteiger partial charge in [-0.2, -0.15) is 5.10 Å². The summed E-state index contributed by atoms with van der Waals surface area (Å²) in [6.45, 7) is 2.69. The van der Waals surface area contributed by atoms with Crippen molar-refractivity contribution >= 4 is 0 Å². The van der Waals surface area contributed by atoms with Gasteiger partial charge < -0.3 is 10.5 Å². The number of benzene rings is 1. The lowest BCUT2D eigenvalue weighted by atomic mass is 10.2. The van der Waals surface area contributed by atoms with Gasteiger partial charge in [0.05, 0.1) is 19.3 Å². The van der Waals surface area contributed by atoms with E-state index in [0.29, 0.717) is 0 Å². The third-order valence-corrected chi connectivity index (χ3v) is 2.71. The van der Waals surface area contributed by atoms with E-state index in [1.54, 1.807) is 13.3 Å². The van der Waals surface area contributed by atoms with Crippen LogP contribution in [0.25, 0.3) is 0 Å². The predicted molar refractivity (Wildman–Crippen MR) is 66.9 cm³/mol. The van der Waals surface area contributed by atoms with Crippen molar-refractivity contribution in [1.29, 1.82) is 0 Å². The Labute approximate surface area is 101 Å². The standard InChI is InChI=1S/C13H17N3O/c1-10(14)13-7-8-15-16(13)9-11-3-5-12(17-2)6-4-11/h3-8,10H,9,14H2,1-2H3. The summed E-state index contributed by atoms with van der Waals surface area (Å²) in [6.07, 6.45) is 1.78. The fourth-order valence-electron chi connectivity index (χ4n) is 1.77.